The molecule has 47 heavy (non-hydrogen) atoms. The van der Waals surface area contributed by atoms with Crippen LogP contribution < -0.4 is 15.4 Å². The number of ether oxygens (including phenoxy) is 4. The van der Waals surface area contributed by atoms with Crippen molar-refractivity contribution in [2.45, 2.75) is 114 Å². The fourth-order valence-corrected chi connectivity index (χ4v) is 7.43. The summed E-state index contributed by atoms with van der Waals surface area (Å²) in [5.41, 5.74) is -0.859. The highest BCUT2D eigenvalue weighted by Gasteiger charge is 2.72. The van der Waals surface area contributed by atoms with Crippen molar-refractivity contribution in [3.05, 3.63) is 35.1 Å². The van der Waals surface area contributed by atoms with E-state index in [4.69, 9.17) is 18.9 Å². The van der Waals surface area contributed by atoms with Crippen molar-refractivity contribution in [3.63, 3.8) is 0 Å². The number of phenolic OH excluding ortho intramolecular Hbond substituents is 1. The van der Waals surface area contributed by atoms with Crippen LogP contribution >= 0.6 is 0 Å². The Morgan fingerprint density at radius 1 is 1.11 bits per heavy atom. The molecular formula is C34H47N3O10. The fourth-order valence-electron chi connectivity index (χ4n) is 7.43. The Morgan fingerprint density at radius 2 is 1.87 bits per heavy atom. The molecule has 2 amide bonds. The number of nitrogens with one attached hydrogen (secondary N) is 2. The van der Waals surface area contributed by atoms with Crippen LogP contribution in [0.3, 0.4) is 0 Å². The van der Waals surface area contributed by atoms with E-state index in [0.717, 1.165) is 17.5 Å². The van der Waals surface area contributed by atoms with Crippen molar-refractivity contribution in [3.8, 4) is 11.5 Å². The molecule has 2 aliphatic heterocycles. The second-order valence-electron chi connectivity index (χ2n) is 14.0. The number of aromatic hydroxyl groups is 1. The van der Waals surface area contributed by atoms with Crippen LogP contribution in [-0.4, -0.2) is 95.2 Å². The molecule has 5 rings (SSSR count). The van der Waals surface area contributed by atoms with Gasteiger partial charge in [0.15, 0.2) is 23.7 Å². The molecule has 1 saturated heterocycles. The first-order valence-electron chi connectivity index (χ1n) is 16.5. The first-order valence-corrected chi connectivity index (χ1v) is 16.5. The predicted molar refractivity (Wildman–Crippen MR) is 169 cm³/mol. The fraction of sp³-hybridized carbons (Fsp3) is 0.647. The molecule has 2 bridgehead atoms. The zero-order chi connectivity index (χ0) is 34.1. The molecule has 1 spiro atoms. The Morgan fingerprint density at radius 3 is 2.62 bits per heavy atom. The number of carbonyl (C=O) groups excluding carboxylic acids is 4. The molecule has 0 aromatic heterocycles. The molecule has 2 aliphatic carbocycles. The number of likely N-dealkylation sites (tertiary alicyclic amines) is 1. The highest BCUT2D eigenvalue weighted by molar-refractivity contribution is 5.81. The van der Waals surface area contributed by atoms with E-state index in [9.17, 15) is 29.4 Å². The van der Waals surface area contributed by atoms with Gasteiger partial charge in [-0.1, -0.05) is 12.5 Å². The third-order valence-corrected chi connectivity index (χ3v) is 9.61. The smallest absolute Gasteiger partial charge is 0.407 e. The van der Waals surface area contributed by atoms with Gasteiger partial charge in [-0.3, -0.25) is 9.59 Å². The number of unbranched alkanes of at least 4 members (excludes halogenated alkanes) is 2. The van der Waals surface area contributed by atoms with Crippen molar-refractivity contribution in [1.29, 1.82) is 0 Å². The molecule has 13 nitrogen and oxygen atoms in total. The molecule has 1 fully saturated rings. The van der Waals surface area contributed by atoms with E-state index in [1.165, 1.54) is 6.92 Å². The molecule has 258 valence electrons. The van der Waals surface area contributed by atoms with Gasteiger partial charge in [0.05, 0.1) is 17.4 Å². The molecular weight excluding hydrogens is 610 g/mol. The number of hydrogen-bond acceptors (Lipinski definition) is 11. The quantitative estimate of drug-likeness (QED) is 0.148. The molecule has 2 heterocycles. The predicted octanol–water partition coefficient (Wildman–Crippen LogP) is 2.74. The normalized spacial score (nSPS) is 26.2. The minimum Gasteiger partial charge on any atom is -0.504 e. The van der Waals surface area contributed by atoms with Gasteiger partial charge in [-0.25, -0.2) is 9.59 Å². The van der Waals surface area contributed by atoms with Gasteiger partial charge >= 0.3 is 18.0 Å². The summed E-state index contributed by atoms with van der Waals surface area (Å²) in [4.78, 5) is 51.5. The number of benzene rings is 1. The molecule has 1 aromatic carbocycles. The third-order valence-electron chi connectivity index (χ3n) is 9.61. The first-order chi connectivity index (χ1) is 22.2. The number of carbonyl (C=O) groups is 4. The minimum atomic E-state index is -1.23. The summed E-state index contributed by atoms with van der Waals surface area (Å²) >= 11 is 0. The molecule has 5 atom stereocenters. The van der Waals surface area contributed by atoms with Crippen LogP contribution in [-0.2, 0) is 40.4 Å². The van der Waals surface area contributed by atoms with Crippen LogP contribution in [0.4, 0.5) is 4.79 Å². The second-order valence-corrected chi connectivity index (χ2v) is 14.0. The molecule has 1 aromatic rings. The van der Waals surface area contributed by atoms with Gasteiger partial charge in [0.25, 0.3) is 0 Å². The molecule has 13 heteroatoms. The summed E-state index contributed by atoms with van der Waals surface area (Å²) in [6, 6.07) is 3.29. The van der Waals surface area contributed by atoms with Gasteiger partial charge in [-0.05, 0) is 84.7 Å². The molecule has 0 saturated carbocycles. The summed E-state index contributed by atoms with van der Waals surface area (Å²) in [6.45, 7) is 7.99. The highest BCUT2D eigenvalue weighted by Crippen LogP contribution is 2.65. The Labute approximate surface area is 274 Å². The van der Waals surface area contributed by atoms with Gasteiger partial charge in [-0.15, -0.1) is 0 Å². The lowest BCUT2D eigenvalue weighted by atomic mass is 9.50. The van der Waals surface area contributed by atoms with Crippen LogP contribution in [0.5, 0.6) is 11.5 Å². The number of amides is 2. The van der Waals surface area contributed by atoms with Gasteiger partial charge < -0.3 is 44.7 Å². The molecule has 0 unspecified atom stereocenters. The summed E-state index contributed by atoms with van der Waals surface area (Å²) in [6.07, 6.45) is 2.74. The number of nitrogens with zero attached hydrogens (tertiary/aromatic N) is 1. The van der Waals surface area contributed by atoms with E-state index in [-0.39, 0.29) is 49.3 Å². The van der Waals surface area contributed by atoms with Crippen LogP contribution in [0, 0.1) is 0 Å². The van der Waals surface area contributed by atoms with E-state index in [1.54, 1.807) is 32.9 Å². The SMILES string of the molecule is C[C@H](OC(=O)CCNC(=O)CCCCCNC(=O)OC(C)(C)C)C(=O)OC1=CC[C@@]2(O)[C@H]3Cc4ccc(O)c5c4[C@@]2(CCN3C)[C@H]1O5. The molecule has 0 radical (unpaired) electrons. The summed E-state index contributed by atoms with van der Waals surface area (Å²) < 4.78 is 22.5. The van der Waals surface area contributed by atoms with E-state index >= 15 is 0 Å². The first kappa shape index (κ1) is 34.5. The van der Waals surface area contributed by atoms with Gasteiger partial charge in [0, 0.05) is 37.5 Å². The number of piperidine rings is 1. The van der Waals surface area contributed by atoms with E-state index in [2.05, 4.69) is 15.5 Å². The van der Waals surface area contributed by atoms with Crippen LogP contribution in [0.2, 0.25) is 0 Å². The lowest BCUT2D eigenvalue weighted by Gasteiger charge is -2.61. The lowest BCUT2D eigenvalue weighted by molar-refractivity contribution is -0.175. The summed E-state index contributed by atoms with van der Waals surface area (Å²) in [5, 5.41) is 28.2. The Kier molecular flexibility index (Phi) is 9.79. The third kappa shape index (κ3) is 6.78. The summed E-state index contributed by atoms with van der Waals surface area (Å²) in [7, 11) is 1.99. The monoisotopic (exact) mass is 657 g/mol. The number of alkyl carbamates (subject to hydrolysis) is 1. The van der Waals surface area contributed by atoms with Crippen molar-refractivity contribution in [2.75, 3.05) is 26.7 Å². The maximum atomic E-state index is 13.1. The van der Waals surface area contributed by atoms with Crippen LogP contribution in [0.25, 0.3) is 0 Å². The number of aliphatic hydroxyl groups is 1. The number of rotatable bonds is 12. The maximum Gasteiger partial charge on any atom is 0.407 e. The number of likely N-dealkylation sites (N-methyl/N-ethyl adjacent to an activating group) is 1. The van der Waals surface area contributed by atoms with Gasteiger partial charge in [-0.2, -0.15) is 0 Å². The van der Waals surface area contributed by atoms with Crippen LogP contribution in [0.15, 0.2) is 24.0 Å². The highest BCUT2D eigenvalue weighted by atomic mass is 16.6. The van der Waals surface area contributed by atoms with Crippen molar-refractivity contribution in [2.24, 2.45) is 0 Å². The largest absolute Gasteiger partial charge is 0.504 e. The summed E-state index contributed by atoms with van der Waals surface area (Å²) in [5.74, 6) is -1.16. The minimum absolute atomic E-state index is 0.0279. The molecule has 4 N–H and O–H groups in total. The standard InChI is InChI=1S/C34H47N3O10/c1-20(44-26(40)13-17-35-25(39)9-7-6-8-16-36-31(42)47-32(2,3)4)30(41)45-23-12-14-34(43)24-19-21-10-11-22(38)28-27(21)33(34,29(23)46-28)15-18-37(24)5/h10-12,20,24,29,38,43H,6-9,13-19H2,1-5H3,(H,35,39)(H,36,42)/t20-,24+,29-,33-,34+/m0/s1. The number of phenols is 1. The number of hydrogen-bond donors (Lipinski definition) is 4. The zero-order valence-corrected chi connectivity index (χ0v) is 27.8. The Balaban J connectivity index is 1.06. The van der Waals surface area contributed by atoms with Gasteiger partial charge in [0.2, 0.25) is 5.91 Å². The van der Waals surface area contributed by atoms with Crippen molar-refractivity contribution in [1.82, 2.24) is 15.5 Å². The van der Waals surface area contributed by atoms with Crippen molar-refractivity contribution >= 4 is 23.9 Å². The zero-order valence-electron chi connectivity index (χ0n) is 27.8. The van der Waals surface area contributed by atoms with Crippen molar-refractivity contribution < 1.29 is 48.3 Å². The second kappa shape index (κ2) is 13.3. The maximum absolute atomic E-state index is 13.1. The van der Waals surface area contributed by atoms with E-state index in [0.29, 0.717) is 44.5 Å². The Hall–Kier alpha value is -3.84. The molecule has 4 aliphatic rings. The van der Waals surface area contributed by atoms with E-state index in [1.807, 2.05) is 13.1 Å². The lowest BCUT2D eigenvalue weighted by Crippen LogP contribution is -2.74. The van der Waals surface area contributed by atoms with Crippen LogP contribution in [0.1, 0.15) is 83.8 Å². The number of esters is 2. The Bertz CT molecular complexity index is 1440. The average molecular weight is 658 g/mol. The average Bonchev–Trinajstić information content (AvgIpc) is 3.35. The van der Waals surface area contributed by atoms with E-state index < -0.39 is 46.9 Å². The van der Waals surface area contributed by atoms with Gasteiger partial charge in [0.1, 0.15) is 11.4 Å². The topological polar surface area (TPSA) is 173 Å².